The third-order valence-corrected chi connectivity index (χ3v) is 6.10. The fourth-order valence-electron chi connectivity index (χ4n) is 3.89. The molecule has 0 unspecified atom stereocenters. The molecule has 1 fully saturated rings. The van der Waals surface area contributed by atoms with Gasteiger partial charge in [0.05, 0.1) is 7.11 Å². The second-order valence-corrected chi connectivity index (χ2v) is 8.54. The maximum Gasteiger partial charge on any atom is 0.325 e. The van der Waals surface area contributed by atoms with Crippen LogP contribution in [-0.2, 0) is 21.5 Å². The van der Waals surface area contributed by atoms with Crippen molar-refractivity contribution in [1.82, 2.24) is 15.5 Å². The first-order valence-corrected chi connectivity index (χ1v) is 10.9. The average molecular weight is 466 g/mol. The predicted molar refractivity (Wildman–Crippen MR) is 126 cm³/mol. The number of nitrogens with zero attached hydrogens (tertiary/aromatic N) is 1. The zero-order valence-electron chi connectivity index (χ0n) is 18.4. The van der Waals surface area contributed by atoms with E-state index in [1.54, 1.807) is 32.2 Å². The number of halogens is 1. The molecular formula is C25H24ClN3O4. The van der Waals surface area contributed by atoms with Crippen molar-refractivity contribution in [3.63, 3.8) is 0 Å². The summed E-state index contributed by atoms with van der Waals surface area (Å²) < 4.78 is 5.25. The number of nitrogens with one attached hydrogen (secondary N) is 2. The Kier molecular flexibility index (Phi) is 6.24. The van der Waals surface area contributed by atoms with E-state index in [1.807, 2.05) is 42.5 Å². The largest absolute Gasteiger partial charge is 0.497 e. The normalized spacial score (nSPS) is 17.8. The lowest BCUT2D eigenvalue weighted by Gasteiger charge is -2.22. The summed E-state index contributed by atoms with van der Waals surface area (Å²) in [6.07, 6.45) is 0.614. The molecule has 1 heterocycles. The summed E-state index contributed by atoms with van der Waals surface area (Å²) in [5.41, 5.74) is 0.412. The molecule has 0 spiro atoms. The molecule has 170 valence electrons. The Balaban J connectivity index is 1.42. The topological polar surface area (TPSA) is 87.7 Å². The number of benzene rings is 3. The lowest BCUT2D eigenvalue weighted by atomic mass is 9.90. The zero-order chi connectivity index (χ0) is 23.6. The highest BCUT2D eigenvalue weighted by molar-refractivity contribution is 6.30. The van der Waals surface area contributed by atoms with Gasteiger partial charge in [0, 0.05) is 11.6 Å². The molecule has 1 aliphatic heterocycles. The average Bonchev–Trinajstić information content (AvgIpc) is 3.03. The molecule has 1 aliphatic rings. The standard InChI is InChI=1S/C25H24ClN3O4/c1-25(19-7-5-18-14-21(33-2)10-6-17(18)13-19)23(31)29(24(32)28-25)15-22(30)27-12-11-16-3-8-20(26)9-4-16/h3-10,13-14H,11-12,15H2,1-2H3,(H,27,30)(H,28,32)/t25-/m1/s1. The van der Waals surface area contributed by atoms with E-state index in [-0.39, 0.29) is 6.54 Å². The number of ether oxygens (including phenoxy) is 1. The molecule has 0 radical (unpaired) electrons. The van der Waals surface area contributed by atoms with Crippen molar-refractivity contribution in [3.8, 4) is 5.75 Å². The summed E-state index contributed by atoms with van der Waals surface area (Å²) in [4.78, 5) is 39.1. The molecule has 1 saturated heterocycles. The number of carbonyl (C=O) groups excluding carboxylic acids is 3. The van der Waals surface area contributed by atoms with Gasteiger partial charge in [0.25, 0.3) is 5.91 Å². The number of carbonyl (C=O) groups is 3. The number of fused-ring (bicyclic) bond motifs is 1. The van der Waals surface area contributed by atoms with Gasteiger partial charge in [0.2, 0.25) is 5.91 Å². The zero-order valence-corrected chi connectivity index (χ0v) is 19.1. The molecule has 4 amide bonds. The molecule has 0 bridgehead atoms. The highest BCUT2D eigenvalue weighted by Gasteiger charge is 2.49. The van der Waals surface area contributed by atoms with Gasteiger partial charge in [0.15, 0.2) is 0 Å². The van der Waals surface area contributed by atoms with E-state index in [9.17, 15) is 14.4 Å². The Morgan fingerprint density at radius 2 is 1.76 bits per heavy atom. The number of hydrogen-bond donors (Lipinski definition) is 2. The van der Waals surface area contributed by atoms with E-state index >= 15 is 0 Å². The fourth-order valence-corrected chi connectivity index (χ4v) is 4.02. The smallest absolute Gasteiger partial charge is 0.325 e. The number of methoxy groups -OCH3 is 1. The summed E-state index contributed by atoms with van der Waals surface area (Å²) in [6.45, 7) is 1.69. The lowest BCUT2D eigenvalue weighted by molar-refractivity contribution is -0.134. The number of amides is 4. The second kappa shape index (κ2) is 9.11. The molecule has 0 aliphatic carbocycles. The molecule has 3 aromatic carbocycles. The highest BCUT2D eigenvalue weighted by Crippen LogP contribution is 2.32. The van der Waals surface area contributed by atoms with Crippen LogP contribution in [0.25, 0.3) is 10.8 Å². The van der Waals surface area contributed by atoms with Crippen LogP contribution in [0.15, 0.2) is 60.7 Å². The molecule has 4 rings (SSSR count). The van der Waals surface area contributed by atoms with Gasteiger partial charge in [-0.1, -0.05) is 41.9 Å². The second-order valence-electron chi connectivity index (χ2n) is 8.10. The van der Waals surface area contributed by atoms with Gasteiger partial charge in [-0.15, -0.1) is 0 Å². The van der Waals surface area contributed by atoms with Gasteiger partial charge in [0.1, 0.15) is 17.8 Å². The maximum absolute atomic E-state index is 13.2. The summed E-state index contributed by atoms with van der Waals surface area (Å²) in [7, 11) is 1.60. The van der Waals surface area contributed by atoms with Crippen molar-refractivity contribution in [3.05, 3.63) is 76.8 Å². The van der Waals surface area contributed by atoms with E-state index < -0.39 is 23.4 Å². The van der Waals surface area contributed by atoms with E-state index in [2.05, 4.69) is 10.6 Å². The molecule has 3 aromatic rings. The van der Waals surface area contributed by atoms with Crippen LogP contribution in [0.3, 0.4) is 0 Å². The molecule has 0 saturated carbocycles. The first kappa shape index (κ1) is 22.6. The van der Waals surface area contributed by atoms with Crippen LogP contribution in [0.4, 0.5) is 4.79 Å². The summed E-state index contributed by atoms with van der Waals surface area (Å²) in [5.74, 6) is -0.129. The van der Waals surface area contributed by atoms with Crippen LogP contribution in [0.2, 0.25) is 5.02 Å². The third kappa shape index (κ3) is 4.64. The number of hydrogen-bond acceptors (Lipinski definition) is 4. The molecular weight excluding hydrogens is 442 g/mol. The Bertz CT molecular complexity index is 1230. The molecule has 1 atom stereocenters. The van der Waals surface area contributed by atoms with Crippen LogP contribution in [-0.4, -0.2) is 42.9 Å². The van der Waals surface area contributed by atoms with Crippen LogP contribution >= 0.6 is 11.6 Å². The van der Waals surface area contributed by atoms with Gasteiger partial charge in [-0.05, 0) is 65.6 Å². The summed E-state index contributed by atoms with van der Waals surface area (Å²) in [5, 5.41) is 8.02. The molecule has 0 aromatic heterocycles. The molecule has 8 heteroatoms. The van der Waals surface area contributed by atoms with Gasteiger partial charge >= 0.3 is 6.03 Å². The van der Waals surface area contributed by atoms with Crippen LogP contribution in [0.5, 0.6) is 5.75 Å². The number of urea groups is 1. The molecule has 7 nitrogen and oxygen atoms in total. The van der Waals surface area contributed by atoms with Crippen molar-refractivity contribution in [2.45, 2.75) is 18.9 Å². The van der Waals surface area contributed by atoms with Crippen LogP contribution < -0.4 is 15.4 Å². The Hall–Kier alpha value is -3.58. The van der Waals surface area contributed by atoms with Gasteiger partial charge in [-0.2, -0.15) is 0 Å². The Morgan fingerprint density at radius 3 is 2.48 bits per heavy atom. The van der Waals surface area contributed by atoms with E-state index in [0.29, 0.717) is 23.6 Å². The SMILES string of the molecule is COc1ccc2cc([C@@]3(C)NC(=O)N(CC(=O)NCCc4ccc(Cl)cc4)C3=O)ccc2c1. The van der Waals surface area contributed by atoms with Crippen molar-refractivity contribution in [2.75, 3.05) is 20.2 Å². The minimum Gasteiger partial charge on any atom is -0.497 e. The van der Waals surface area contributed by atoms with Crippen LogP contribution in [0.1, 0.15) is 18.1 Å². The minimum atomic E-state index is -1.26. The van der Waals surface area contributed by atoms with E-state index in [4.69, 9.17) is 16.3 Å². The first-order chi connectivity index (χ1) is 15.8. The van der Waals surface area contributed by atoms with E-state index in [0.717, 1.165) is 27.0 Å². The summed E-state index contributed by atoms with van der Waals surface area (Å²) >= 11 is 5.88. The molecule has 33 heavy (non-hydrogen) atoms. The lowest BCUT2D eigenvalue weighted by Crippen LogP contribution is -2.43. The monoisotopic (exact) mass is 465 g/mol. The Morgan fingerprint density at radius 1 is 1.06 bits per heavy atom. The predicted octanol–water partition coefficient (Wildman–Crippen LogP) is 3.63. The van der Waals surface area contributed by atoms with Crippen molar-refractivity contribution in [1.29, 1.82) is 0 Å². The van der Waals surface area contributed by atoms with Crippen molar-refractivity contribution < 1.29 is 19.1 Å². The fraction of sp³-hybridized carbons (Fsp3) is 0.240. The van der Waals surface area contributed by atoms with Crippen LogP contribution in [0, 0.1) is 0 Å². The minimum absolute atomic E-state index is 0.342. The number of rotatable bonds is 7. The van der Waals surface area contributed by atoms with Gasteiger partial charge in [-0.3, -0.25) is 14.5 Å². The first-order valence-electron chi connectivity index (χ1n) is 10.5. The van der Waals surface area contributed by atoms with E-state index in [1.165, 1.54) is 0 Å². The summed E-state index contributed by atoms with van der Waals surface area (Å²) in [6, 6.07) is 17.9. The van der Waals surface area contributed by atoms with Gasteiger partial charge in [-0.25, -0.2) is 4.79 Å². The molecule has 2 N–H and O–H groups in total. The van der Waals surface area contributed by atoms with Crippen molar-refractivity contribution >= 4 is 40.2 Å². The number of imide groups is 1. The third-order valence-electron chi connectivity index (χ3n) is 5.85. The maximum atomic E-state index is 13.2. The Labute approximate surface area is 196 Å². The highest BCUT2D eigenvalue weighted by atomic mass is 35.5. The quantitative estimate of drug-likeness (QED) is 0.521. The van der Waals surface area contributed by atoms with Gasteiger partial charge < -0.3 is 15.4 Å². The van der Waals surface area contributed by atoms with Crippen molar-refractivity contribution in [2.24, 2.45) is 0 Å².